The summed E-state index contributed by atoms with van der Waals surface area (Å²) < 4.78 is 34.4. The minimum atomic E-state index is -3.91. The first kappa shape index (κ1) is 24.8. The summed E-state index contributed by atoms with van der Waals surface area (Å²) in [5.41, 5.74) is 2.43. The van der Waals surface area contributed by atoms with Crippen molar-refractivity contribution in [2.75, 3.05) is 23.3 Å². The number of nitrogens with one attached hydrogen (secondary N) is 2. The minimum absolute atomic E-state index is 0.0395. The zero-order chi connectivity index (χ0) is 24.5. The molecular weight excluding hydrogens is 494 g/mol. The van der Waals surface area contributed by atoms with Crippen LogP contribution in [0.15, 0.2) is 41.3 Å². The average Bonchev–Trinajstić information content (AvgIpc) is 3.16. The molecule has 2 heterocycles. The van der Waals surface area contributed by atoms with Gasteiger partial charge in [0.25, 0.3) is 10.0 Å². The standard InChI is InChI=1S/C24H28ClN3O4S2/c1-14-4-5-18(12-22(14)34(30,31)28-21-7-6-19(29)13-20(21)25)23-16(3)27-24(33-23)26-15(2)17-8-10-32-11-9-17/h4-7,12-13,15,17,28-29H,8-11H2,1-3H3,(H,26,27). The highest BCUT2D eigenvalue weighted by molar-refractivity contribution is 7.92. The number of hydrogen-bond acceptors (Lipinski definition) is 7. The molecule has 0 spiro atoms. The van der Waals surface area contributed by atoms with Crippen LogP contribution in [0.5, 0.6) is 5.75 Å². The van der Waals surface area contributed by atoms with Crippen LogP contribution in [0.1, 0.15) is 31.0 Å². The van der Waals surface area contributed by atoms with Crippen molar-refractivity contribution in [2.45, 2.75) is 44.6 Å². The van der Waals surface area contributed by atoms with Crippen molar-refractivity contribution in [3.05, 3.63) is 52.7 Å². The largest absolute Gasteiger partial charge is 0.508 e. The molecule has 34 heavy (non-hydrogen) atoms. The van der Waals surface area contributed by atoms with E-state index in [1.807, 2.05) is 13.0 Å². The number of rotatable bonds is 7. The molecule has 4 rings (SSSR count). The Morgan fingerprint density at radius 1 is 1.18 bits per heavy atom. The normalized spacial score (nSPS) is 15.8. The lowest BCUT2D eigenvalue weighted by molar-refractivity contribution is 0.0622. The fraction of sp³-hybridized carbons (Fsp3) is 0.375. The first-order valence-corrected chi connectivity index (χ1v) is 13.8. The highest BCUT2D eigenvalue weighted by atomic mass is 35.5. The van der Waals surface area contributed by atoms with Gasteiger partial charge >= 0.3 is 0 Å². The number of phenols is 1. The van der Waals surface area contributed by atoms with Crippen molar-refractivity contribution in [3.63, 3.8) is 0 Å². The molecular formula is C24H28ClN3O4S2. The van der Waals surface area contributed by atoms with E-state index >= 15 is 0 Å². The second-order valence-corrected chi connectivity index (χ2v) is 11.6. The van der Waals surface area contributed by atoms with E-state index in [0.717, 1.165) is 47.3 Å². The first-order chi connectivity index (χ1) is 16.1. The summed E-state index contributed by atoms with van der Waals surface area (Å²) in [6.07, 6.45) is 2.06. The quantitative estimate of drug-likeness (QED) is 0.339. The van der Waals surface area contributed by atoms with E-state index in [1.54, 1.807) is 19.1 Å². The van der Waals surface area contributed by atoms with E-state index in [9.17, 15) is 13.5 Å². The molecule has 1 aliphatic heterocycles. The van der Waals surface area contributed by atoms with Crippen molar-refractivity contribution in [3.8, 4) is 16.2 Å². The van der Waals surface area contributed by atoms with E-state index in [2.05, 4.69) is 17.0 Å². The van der Waals surface area contributed by atoms with Crippen LogP contribution in [-0.2, 0) is 14.8 Å². The summed E-state index contributed by atoms with van der Waals surface area (Å²) in [5, 5.41) is 14.0. The number of aryl methyl sites for hydroxylation is 2. The lowest BCUT2D eigenvalue weighted by Crippen LogP contribution is -2.30. The molecule has 3 aromatic rings. The van der Waals surface area contributed by atoms with E-state index in [1.165, 1.54) is 29.5 Å². The predicted octanol–water partition coefficient (Wildman–Crippen LogP) is 5.81. The molecule has 0 radical (unpaired) electrons. The summed E-state index contributed by atoms with van der Waals surface area (Å²) in [6, 6.07) is 9.74. The maximum absolute atomic E-state index is 13.2. The van der Waals surface area contributed by atoms with Gasteiger partial charge < -0.3 is 15.2 Å². The molecule has 1 aliphatic rings. The van der Waals surface area contributed by atoms with Crippen LogP contribution in [0.25, 0.3) is 10.4 Å². The van der Waals surface area contributed by atoms with Gasteiger partial charge in [-0.3, -0.25) is 4.72 Å². The van der Waals surface area contributed by atoms with E-state index in [0.29, 0.717) is 11.5 Å². The first-order valence-electron chi connectivity index (χ1n) is 11.1. The average molecular weight is 522 g/mol. The Bertz CT molecular complexity index is 1290. The third kappa shape index (κ3) is 5.49. The van der Waals surface area contributed by atoms with Gasteiger partial charge in [-0.15, -0.1) is 0 Å². The molecule has 10 heteroatoms. The van der Waals surface area contributed by atoms with Gasteiger partial charge in [0.2, 0.25) is 0 Å². The summed E-state index contributed by atoms with van der Waals surface area (Å²) in [7, 11) is -3.91. The Balaban J connectivity index is 1.59. The van der Waals surface area contributed by atoms with Crippen molar-refractivity contribution < 1.29 is 18.3 Å². The molecule has 1 aromatic heterocycles. The summed E-state index contributed by atoms with van der Waals surface area (Å²) in [4.78, 5) is 5.77. The third-order valence-corrected chi connectivity index (χ3v) is 9.02. The van der Waals surface area contributed by atoms with Crippen LogP contribution in [0.4, 0.5) is 10.8 Å². The summed E-state index contributed by atoms with van der Waals surface area (Å²) >= 11 is 7.62. The van der Waals surface area contributed by atoms with Gasteiger partial charge in [0, 0.05) is 25.3 Å². The van der Waals surface area contributed by atoms with Crippen molar-refractivity contribution in [1.29, 1.82) is 0 Å². The second kappa shape index (κ2) is 10.1. The highest BCUT2D eigenvalue weighted by Gasteiger charge is 2.23. The second-order valence-electron chi connectivity index (χ2n) is 8.57. The highest BCUT2D eigenvalue weighted by Crippen LogP contribution is 2.36. The Morgan fingerprint density at radius 3 is 2.62 bits per heavy atom. The molecule has 1 unspecified atom stereocenters. The Morgan fingerprint density at radius 2 is 1.91 bits per heavy atom. The minimum Gasteiger partial charge on any atom is -0.508 e. The SMILES string of the molecule is Cc1ccc(-c2sc(NC(C)C3CCOCC3)nc2C)cc1S(=O)(=O)Nc1ccc(O)cc1Cl. The smallest absolute Gasteiger partial charge is 0.262 e. The predicted molar refractivity (Wildman–Crippen MR) is 138 cm³/mol. The van der Waals surface area contributed by atoms with Crippen molar-refractivity contribution in [1.82, 2.24) is 4.98 Å². The lowest BCUT2D eigenvalue weighted by atomic mass is 9.93. The number of ether oxygens (including phenoxy) is 1. The van der Waals surface area contributed by atoms with Gasteiger partial charge in [0.05, 0.1) is 26.2 Å². The number of halogens is 1. The molecule has 0 aliphatic carbocycles. The van der Waals surface area contributed by atoms with Gasteiger partial charge in [-0.25, -0.2) is 13.4 Å². The van der Waals surface area contributed by atoms with Crippen LogP contribution in [0.3, 0.4) is 0 Å². The number of thiazole rings is 1. The molecule has 0 amide bonds. The maximum atomic E-state index is 13.2. The number of aromatic hydroxyl groups is 1. The van der Waals surface area contributed by atoms with Crippen molar-refractivity contribution >= 4 is 43.8 Å². The van der Waals surface area contributed by atoms with Crippen molar-refractivity contribution in [2.24, 2.45) is 5.92 Å². The zero-order valence-electron chi connectivity index (χ0n) is 19.3. The molecule has 0 saturated carbocycles. The number of benzene rings is 2. The molecule has 2 aromatic carbocycles. The van der Waals surface area contributed by atoms with Gasteiger partial charge in [0.1, 0.15) is 5.75 Å². The van der Waals surface area contributed by atoms with Crippen LogP contribution in [-0.4, -0.2) is 37.8 Å². The zero-order valence-corrected chi connectivity index (χ0v) is 21.6. The number of hydrogen-bond donors (Lipinski definition) is 3. The summed E-state index contributed by atoms with van der Waals surface area (Å²) in [6.45, 7) is 7.44. The molecule has 1 atom stereocenters. The number of sulfonamides is 1. The molecule has 182 valence electrons. The fourth-order valence-corrected chi connectivity index (χ4v) is 6.76. The third-order valence-electron chi connectivity index (χ3n) is 6.06. The number of nitrogens with zero attached hydrogens (tertiary/aromatic N) is 1. The van der Waals surface area contributed by atoms with Crippen LogP contribution < -0.4 is 10.0 Å². The molecule has 1 saturated heterocycles. The molecule has 1 fully saturated rings. The Kier molecular flexibility index (Phi) is 7.37. The van der Waals surface area contributed by atoms with Crippen LogP contribution in [0, 0.1) is 19.8 Å². The van der Waals surface area contributed by atoms with E-state index in [-0.39, 0.29) is 27.4 Å². The number of phenolic OH excluding ortho intramolecular Hbond substituents is 1. The van der Waals surface area contributed by atoms with Crippen LogP contribution >= 0.6 is 22.9 Å². The monoisotopic (exact) mass is 521 g/mol. The van der Waals surface area contributed by atoms with Gasteiger partial charge in [0.15, 0.2) is 5.13 Å². The Hall–Kier alpha value is -2.33. The summed E-state index contributed by atoms with van der Waals surface area (Å²) in [5.74, 6) is 0.498. The van der Waals surface area contributed by atoms with Gasteiger partial charge in [-0.2, -0.15) is 0 Å². The fourth-order valence-electron chi connectivity index (χ4n) is 4.07. The van der Waals surface area contributed by atoms with Crippen LogP contribution in [0.2, 0.25) is 5.02 Å². The molecule has 3 N–H and O–H groups in total. The molecule has 0 bridgehead atoms. The Labute approximate surface area is 209 Å². The van der Waals surface area contributed by atoms with Gasteiger partial charge in [-0.05, 0) is 68.9 Å². The maximum Gasteiger partial charge on any atom is 0.262 e. The van der Waals surface area contributed by atoms with E-state index in [4.69, 9.17) is 21.3 Å². The van der Waals surface area contributed by atoms with E-state index < -0.39 is 10.0 Å². The number of aromatic nitrogens is 1. The lowest BCUT2D eigenvalue weighted by Gasteiger charge is -2.28. The van der Waals surface area contributed by atoms with Gasteiger partial charge in [-0.1, -0.05) is 35.1 Å². The topological polar surface area (TPSA) is 101 Å². The molecule has 7 nitrogen and oxygen atoms in total. The number of anilines is 2.